The number of hydrogen-bond acceptors (Lipinski definition) is 3. The Balaban J connectivity index is 1.73. The third-order valence-electron chi connectivity index (χ3n) is 4.01. The minimum atomic E-state index is -0.937. The van der Waals surface area contributed by atoms with Crippen molar-refractivity contribution >= 4 is 11.9 Å². The molecule has 1 atom stereocenters. The summed E-state index contributed by atoms with van der Waals surface area (Å²) in [6.07, 6.45) is 2.46. The fourth-order valence-electron chi connectivity index (χ4n) is 2.54. The maximum Gasteiger partial charge on any atom is 0.329 e. The van der Waals surface area contributed by atoms with Crippen LogP contribution in [0, 0.1) is 11.3 Å². The highest BCUT2D eigenvalue weighted by Crippen LogP contribution is 2.52. The van der Waals surface area contributed by atoms with Crippen LogP contribution in [0.2, 0.25) is 0 Å². The van der Waals surface area contributed by atoms with Crippen LogP contribution in [0.1, 0.15) is 33.1 Å². The van der Waals surface area contributed by atoms with Crippen molar-refractivity contribution in [2.75, 3.05) is 19.7 Å². The highest BCUT2D eigenvalue weighted by Gasteiger charge is 2.52. The highest BCUT2D eigenvalue weighted by molar-refractivity contribution is 5.82. The van der Waals surface area contributed by atoms with E-state index in [-0.39, 0.29) is 30.0 Å². The average molecular weight is 255 g/mol. The minimum absolute atomic E-state index is 0.0163. The molecule has 1 saturated carbocycles. The molecule has 1 heterocycles. The third kappa shape index (κ3) is 3.02. The van der Waals surface area contributed by atoms with Gasteiger partial charge in [0.05, 0.1) is 6.10 Å². The second kappa shape index (κ2) is 4.88. The number of piperidine rings is 1. The fourth-order valence-corrected chi connectivity index (χ4v) is 2.54. The van der Waals surface area contributed by atoms with Gasteiger partial charge in [0.1, 0.15) is 6.61 Å². The van der Waals surface area contributed by atoms with Gasteiger partial charge >= 0.3 is 5.97 Å². The zero-order valence-electron chi connectivity index (χ0n) is 11.0. The summed E-state index contributed by atoms with van der Waals surface area (Å²) in [5, 5.41) is 8.53. The van der Waals surface area contributed by atoms with E-state index < -0.39 is 5.97 Å². The number of carbonyl (C=O) groups excluding carboxylic acids is 1. The van der Waals surface area contributed by atoms with Gasteiger partial charge in [0, 0.05) is 19.0 Å². The van der Waals surface area contributed by atoms with Gasteiger partial charge in [-0.25, -0.2) is 4.79 Å². The summed E-state index contributed by atoms with van der Waals surface area (Å²) < 4.78 is 5.25. The van der Waals surface area contributed by atoms with Crippen molar-refractivity contribution in [1.29, 1.82) is 0 Å². The number of carboxylic acid groups (broad SMARTS) is 1. The zero-order valence-corrected chi connectivity index (χ0v) is 11.0. The maximum absolute atomic E-state index is 12.1. The van der Waals surface area contributed by atoms with Crippen LogP contribution in [-0.2, 0) is 14.3 Å². The molecule has 2 fully saturated rings. The molecule has 1 saturated heterocycles. The molecule has 1 amide bonds. The van der Waals surface area contributed by atoms with Crippen LogP contribution in [0.5, 0.6) is 0 Å². The smallest absolute Gasteiger partial charge is 0.329 e. The molecule has 2 rings (SSSR count). The molecule has 1 N–H and O–H groups in total. The van der Waals surface area contributed by atoms with Gasteiger partial charge in [-0.15, -0.1) is 0 Å². The van der Waals surface area contributed by atoms with Crippen LogP contribution < -0.4 is 0 Å². The summed E-state index contributed by atoms with van der Waals surface area (Å²) in [5.74, 6) is -0.487. The highest BCUT2D eigenvalue weighted by atomic mass is 16.5. The Kier molecular flexibility index (Phi) is 3.61. The van der Waals surface area contributed by atoms with Gasteiger partial charge < -0.3 is 14.7 Å². The lowest BCUT2D eigenvalue weighted by Crippen LogP contribution is -2.42. The Hall–Kier alpha value is -1.10. The number of nitrogens with zero attached hydrogens (tertiary/aromatic N) is 1. The molecule has 1 aliphatic carbocycles. The van der Waals surface area contributed by atoms with Gasteiger partial charge in [-0.05, 0) is 24.7 Å². The molecule has 0 radical (unpaired) electrons. The molecule has 1 aliphatic heterocycles. The first-order chi connectivity index (χ1) is 8.40. The molecule has 0 aromatic heterocycles. The quantitative estimate of drug-likeness (QED) is 0.817. The van der Waals surface area contributed by atoms with E-state index in [0.717, 1.165) is 19.3 Å². The number of aliphatic carboxylic acids is 1. The van der Waals surface area contributed by atoms with E-state index in [2.05, 4.69) is 13.8 Å². The Bertz CT molecular complexity index is 345. The Morgan fingerprint density at radius 3 is 2.33 bits per heavy atom. The van der Waals surface area contributed by atoms with E-state index in [9.17, 15) is 9.59 Å². The molecule has 0 aromatic carbocycles. The zero-order chi connectivity index (χ0) is 13.3. The minimum Gasteiger partial charge on any atom is -0.480 e. The van der Waals surface area contributed by atoms with E-state index in [1.807, 2.05) is 4.90 Å². The van der Waals surface area contributed by atoms with Crippen LogP contribution in [0.4, 0.5) is 0 Å². The van der Waals surface area contributed by atoms with Crippen molar-refractivity contribution in [2.45, 2.75) is 39.2 Å². The summed E-state index contributed by atoms with van der Waals surface area (Å²) in [6, 6.07) is 0. The van der Waals surface area contributed by atoms with Crippen molar-refractivity contribution in [1.82, 2.24) is 4.90 Å². The maximum atomic E-state index is 12.1. The normalized spacial score (nSPS) is 27.0. The third-order valence-corrected chi connectivity index (χ3v) is 4.01. The number of hydrogen-bond donors (Lipinski definition) is 1. The molecule has 5 nitrogen and oxygen atoms in total. The van der Waals surface area contributed by atoms with E-state index in [1.54, 1.807) is 0 Å². The number of amides is 1. The monoisotopic (exact) mass is 255 g/mol. The lowest BCUT2D eigenvalue weighted by molar-refractivity contribution is -0.147. The van der Waals surface area contributed by atoms with Crippen LogP contribution in [0.25, 0.3) is 0 Å². The molecule has 5 heteroatoms. The van der Waals surface area contributed by atoms with E-state index in [4.69, 9.17) is 9.84 Å². The van der Waals surface area contributed by atoms with E-state index >= 15 is 0 Å². The summed E-state index contributed by atoms with van der Waals surface area (Å²) in [5.41, 5.74) is 0.174. The lowest BCUT2D eigenvalue weighted by Gasteiger charge is -2.32. The number of carbonyl (C=O) groups is 2. The van der Waals surface area contributed by atoms with Crippen LogP contribution in [0.3, 0.4) is 0 Å². The number of likely N-dealkylation sites (tertiary alicyclic amines) is 1. The molecule has 0 spiro atoms. The van der Waals surface area contributed by atoms with Crippen LogP contribution in [-0.4, -0.2) is 47.7 Å². The van der Waals surface area contributed by atoms with Crippen molar-refractivity contribution in [3.05, 3.63) is 0 Å². The van der Waals surface area contributed by atoms with E-state index in [0.29, 0.717) is 13.1 Å². The second-order valence-electron chi connectivity index (χ2n) is 5.97. The van der Waals surface area contributed by atoms with Gasteiger partial charge in [0.2, 0.25) is 5.91 Å². The molecule has 2 aliphatic rings. The van der Waals surface area contributed by atoms with Gasteiger partial charge in [0.25, 0.3) is 0 Å². The van der Waals surface area contributed by atoms with Gasteiger partial charge in [0.15, 0.2) is 0 Å². The molecule has 18 heavy (non-hydrogen) atoms. The van der Waals surface area contributed by atoms with Crippen molar-refractivity contribution in [3.8, 4) is 0 Å². The Morgan fingerprint density at radius 2 is 1.89 bits per heavy atom. The first-order valence-corrected chi connectivity index (χ1v) is 6.52. The second-order valence-corrected chi connectivity index (χ2v) is 5.97. The SMILES string of the molecule is CC1(C)CC1C(=O)N1CCC(OCC(=O)O)CC1. The summed E-state index contributed by atoms with van der Waals surface area (Å²) in [6.45, 7) is 5.39. The molecule has 102 valence electrons. The number of ether oxygens (including phenoxy) is 1. The number of rotatable bonds is 4. The van der Waals surface area contributed by atoms with Crippen molar-refractivity contribution in [3.63, 3.8) is 0 Å². The molecular weight excluding hydrogens is 234 g/mol. The first kappa shape index (κ1) is 13.3. The number of carboxylic acids is 1. The molecule has 0 aromatic rings. The van der Waals surface area contributed by atoms with Gasteiger partial charge in [-0.3, -0.25) is 4.79 Å². The average Bonchev–Trinajstić information content (AvgIpc) is 2.95. The summed E-state index contributed by atoms with van der Waals surface area (Å²) in [7, 11) is 0. The van der Waals surface area contributed by atoms with Crippen molar-refractivity contribution in [2.24, 2.45) is 11.3 Å². The van der Waals surface area contributed by atoms with Crippen LogP contribution in [0.15, 0.2) is 0 Å². The molecular formula is C13H21NO4. The molecule has 0 bridgehead atoms. The van der Waals surface area contributed by atoms with Crippen molar-refractivity contribution < 1.29 is 19.4 Å². The lowest BCUT2D eigenvalue weighted by atomic mass is 10.1. The topological polar surface area (TPSA) is 66.8 Å². The Morgan fingerprint density at radius 1 is 1.33 bits per heavy atom. The predicted molar refractivity (Wildman–Crippen MR) is 65.1 cm³/mol. The largest absolute Gasteiger partial charge is 0.480 e. The summed E-state index contributed by atoms with van der Waals surface area (Å²) >= 11 is 0. The Labute approximate surface area is 107 Å². The predicted octanol–water partition coefficient (Wildman–Crippen LogP) is 1.12. The molecule has 1 unspecified atom stereocenters. The first-order valence-electron chi connectivity index (χ1n) is 6.52. The standard InChI is InChI=1S/C13H21NO4/c1-13(2)7-10(13)12(17)14-5-3-9(4-6-14)18-8-11(15)16/h9-10H,3-8H2,1-2H3,(H,15,16). The van der Waals surface area contributed by atoms with Crippen LogP contribution >= 0.6 is 0 Å². The van der Waals surface area contributed by atoms with E-state index in [1.165, 1.54) is 0 Å². The van der Waals surface area contributed by atoms with Gasteiger partial charge in [-0.2, -0.15) is 0 Å². The van der Waals surface area contributed by atoms with Gasteiger partial charge in [-0.1, -0.05) is 13.8 Å². The summed E-state index contributed by atoms with van der Waals surface area (Å²) in [4.78, 5) is 24.4. The fraction of sp³-hybridized carbons (Fsp3) is 0.846.